The summed E-state index contributed by atoms with van der Waals surface area (Å²) < 4.78 is 15.0. The quantitative estimate of drug-likeness (QED) is 0.712. The Bertz CT molecular complexity index is 462. The minimum absolute atomic E-state index is 0.111. The molecule has 0 saturated carbocycles. The fourth-order valence-electron chi connectivity index (χ4n) is 1.42. The maximum atomic E-state index is 11.6. The first kappa shape index (κ1) is 15.8. The van der Waals surface area contributed by atoms with Gasteiger partial charge in [-0.1, -0.05) is 6.07 Å². The van der Waals surface area contributed by atoms with E-state index in [1.165, 1.54) is 14.2 Å². The molecule has 0 radical (unpaired) electrons. The van der Waals surface area contributed by atoms with E-state index in [0.29, 0.717) is 11.5 Å². The zero-order valence-electron chi connectivity index (χ0n) is 11.3. The molecule has 2 N–H and O–H groups in total. The molecule has 0 fully saturated rings. The monoisotopic (exact) mass is 283 g/mol. The molecule has 0 aromatic heterocycles. The van der Waals surface area contributed by atoms with Crippen molar-refractivity contribution in [3.63, 3.8) is 0 Å². The van der Waals surface area contributed by atoms with Crippen LogP contribution >= 0.6 is 0 Å². The van der Waals surface area contributed by atoms with E-state index in [1.54, 1.807) is 24.3 Å². The number of carboxylic acid groups (broad SMARTS) is 1. The highest BCUT2D eigenvalue weighted by atomic mass is 16.5. The summed E-state index contributed by atoms with van der Waals surface area (Å²) >= 11 is 0. The van der Waals surface area contributed by atoms with Crippen molar-refractivity contribution in [1.82, 2.24) is 5.32 Å². The molecule has 20 heavy (non-hydrogen) atoms. The Labute approximate surface area is 116 Å². The van der Waals surface area contributed by atoms with Crippen LogP contribution in [0.3, 0.4) is 0 Å². The number of nitrogens with one attached hydrogen (secondary N) is 1. The molecule has 1 unspecified atom stereocenters. The Hall–Kier alpha value is -2.28. The molecular weight excluding hydrogens is 266 g/mol. The van der Waals surface area contributed by atoms with Crippen molar-refractivity contribution in [2.75, 3.05) is 27.4 Å². The lowest BCUT2D eigenvalue weighted by atomic mass is 10.3. The summed E-state index contributed by atoms with van der Waals surface area (Å²) in [7, 11) is 2.88. The molecular formula is C13H17NO6. The Morgan fingerprint density at radius 2 is 2.00 bits per heavy atom. The van der Waals surface area contributed by atoms with Gasteiger partial charge in [-0.2, -0.15) is 0 Å². The van der Waals surface area contributed by atoms with Crippen LogP contribution in [0.15, 0.2) is 24.3 Å². The molecule has 1 amide bonds. The fraction of sp³-hybridized carbons (Fsp3) is 0.385. The lowest BCUT2D eigenvalue weighted by Crippen LogP contribution is -2.45. The average molecular weight is 283 g/mol. The molecule has 1 aromatic carbocycles. The van der Waals surface area contributed by atoms with Gasteiger partial charge in [-0.3, -0.25) is 4.79 Å². The zero-order valence-corrected chi connectivity index (χ0v) is 11.3. The lowest BCUT2D eigenvalue weighted by Gasteiger charge is -2.14. The van der Waals surface area contributed by atoms with Crippen LogP contribution < -0.4 is 14.8 Å². The minimum atomic E-state index is -1.17. The first-order chi connectivity index (χ1) is 9.56. The highest BCUT2D eigenvalue weighted by Gasteiger charge is 2.19. The van der Waals surface area contributed by atoms with E-state index in [0.717, 1.165) is 0 Å². The lowest BCUT2D eigenvalue weighted by molar-refractivity contribution is -0.143. The molecule has 7 heteroatoms. The largest absolute Gasteiger partial charge is 0.497 e. The summed E-state index contributed by atoms with van der Waals surface area (Å²) in [6.45, 7) is -0.402. The Kier molecular flexibility index (Phi) is 6.31. The molecule has 1 atom stereocenters. The van der Waals surface area contributed by atoms with Crippen molar-refractivity contribution in [1.29, 1.82) is 0 Å². The smallest absolute Gasteiger partial charge is 0.328 e. The fourth-order valence-corrected chi connectivity index (χ4v) is 1.42. The number of hydrogen-bond acceptors (Lipinski definition) is 5. The van der Waals surface area contributed by atoms with Crippen LogP contribution in [0.25, 0.3) is 0 Å². The van der Waals surface area contributed by atoms with Crippen LogP contribution in [0.2, 0.25) is 0 Å². The SMILES string of the molecule is COCC(NC(=O)COc1cccc(OC)c1)C(=O)O. The molecule has 7 nitrogen and oxygen atoms in total. The molecule has 1 aromatic rings. The highest BCUT2D eigenvalue weighted by Crippen LogP contribution is 2.18. The van der Waals surface area contributed by atoms with Gasteiger partial charge in [-0.05, 0) is 12.1 Å². The number of aliphatic carboxylic acids is 1. The van der Waals surface area contributed by atoms with Crippen molar-refractivity contribution < 1.29 is 28.9 Å². The van der Waals surface area contributed by atoms with Gasteiger partial charge in [0, 0.05) is 13.2 Å². The van der Waals surface area contributed by atoms with Crippen molar-refractivity contribution in [2.45, 2.75) is 6.04 Å². The van der Waals surface area contributed by atoms with Crippen molar-refractivity contribution in [2.24, 2.45) is 0 Å². The summed E-state index contributed by atoms with van der Waals surface area (Å²) in [5.74, 6) is -0.650. The van der Waals surface area contributed by atoms with Gasteiger partial charge in [0.05, 0.1) is 13.7 Å². The van der Waals surface area contributed by atoms with E-state index >= 15 is 0 Å². The number of ether oxygens (including phenoxy) is 3. The topological polar surface area (TPSA) is 94.1 Å². The molecule has 0 spiro atoms. The van der Waals surface area contributed by atoms with Crippen LogP contribution in [0, 0.1) is 0 Å². The summed E-state index contributed by atoms with van der Waals surface area (Å²) in [6.07, 6.45) is 0. The third-order valence-electron chi connectivity index (χ3n) is 2.38. The first-order valence-corrected chi connectivity index (χ1v) is 5.84. The Morgan fingerprint density at radius 3 is 2.60 bits per heavy atom. The molecule has 110 valence electrons. The number of amides is 1. The van der Waals surface area contributed by atoms with Crippen LogP contribution in [-0.2, 0) is 14.3 Å². The maximum Gasteiger partial charge on any atom is 0.328 e. The van der Waals surface area contributed by atoms with Crippen molar-refractivity contribution >= 4 is 11.9 Å². The van der Waals surface area contributed by atoms with Crippen LogP contribution in [0.1, 0.15) is 0 Å². The van der Waals surface area contributed by atoms with Gasteiger partial charge in [-0.15, -0.1) is 0 Å². The standard InChI is InChI=1S/C13H17NO6/c1-18-7-11(13(16)17)14-12(15)8-20-10-5-3-4-9(6-10)19-2/h3-6,11H,7-8H2,1-2H3,(H,14,15)(H,16,17). The number of rotatable bonds is 8. The van der Waals surface area contributed by atoms with E-state index < -0.39 is 17.9 Å². The number of methoxy groups -OCH3 is 2. The van der Waals surface area contributed by atoms with Crippen LogP contribution in [-0.4, -0.2) is 50.5 Å². The van der Waals surface area contributed by atoms with Gasteiger partial charge in [0.1, 0.15) is 11.5 Å². The van der Waals surface area contributed by atoms with Crippen molar-refractivity contribution in [3.05, 3.63) is 24.3 Å². The summed E-state index contributed by atoms with van der Waals surface area (Å²) in [5.41, 5.74) is 0. The summed E-state index contributed by atoms with van der Waals surface area (Å²) in [5, 5.41) is 11.2. The molecule has 0 aliphatic rings. The second-order valence-corrected chi connectivity index (χ2v) is 3.88. The molecule has 0 heterocycles. The number of hydrogen-bond donors (Lipinski definition) is 2. The van der Waals surface area contributed by atoms with Crippen LogP contribution in [0.5, 0.6) is 11.5 Å². The average Bonchev–Trinajstić information content (AvgIpc) is 2.44. The Balaban J connectivity index is 2.47. The molecule has 0 bridgehead atoms. The first-order valence-electron chi connectivity index (χ1n) is 5.84. The van der Waals surface area contributed by atoms with Gasteiger partial charge in [0.2, 0.25) is 0 Å². The van der Waals surface area contributed by atoms with E-state index in [4.69, 9.17) is 19.3 Å². The van der Waals surface area contributed by atoms with Crippen molar-refractivity contribution in [3.8, 4) is 11.5 Å². The predicted octanol–water partition coefficient (Wildman–Crippen LogP) is 0.290. The van der Waals surface area contributed by atoms with Gasteiger partial charge in [0.15, 0.2) is 12.6 Å². The third kappa shape index (κ3) is 5.15. The molecule has 0 saturated heterocycles. The molecule has 1 rings (SSSR count). The predicted molar refractivity (Wildman–Crippen MR) is 69.9 cm³/mol. The summed E-state index contributed by atoms with van der Waals surface area (Å²) in [4.78, 5) is 22.4. The zero-order chi connectivity index (χ0) is 15.0. The Morgan fingerprint density at radius 1 is 1.30 bits per heavy atom. The number of carboxylic acids is 1. The summed E-state index contributed by atoms with van der Waals surface area (Å²) in [6, 6.07) is 5.65. The van der Waals surface area contributed by atoms with Gasteiger partial charge in [-0.25, -0.2) is 4.79 Å². The highest BCUT2D eigenvalue weighted by molar-refractivity contribution is 5.84. The van der Waals surface area contributed by atoms with E-state index in [1.807, 2.05) is 0 Å². The van der Waals surface area contributed by atoms with E-state index in [2.05, 4.69) is 5.32 Å². The minimum Gasteiger partial charge on any atom is -0.497 e. The molecule has 0 aliphatic carbocycles. The van der Waals surface area contributed by atoms with Gasteiger partial charge < -0.3 is 24.6 Å². The number of benzene rings is 1. The third-order valence-corrected chi connectivity index (χ3v) is 2.38. The normalized spacial score (nSPS) is 11.5. The maximum absolute atomic E-state index is 11.6. The van der Waals surface area contributed by atoms with E-state index in [9.17, 15) is 9.59 Å². The molecule has 0 aliphatic heterocycles. The van der Waals surface area contributed by atoms with Gasteiger partial charge in [0.25, 0.3) is 5.91 Å². The van der Waals surface area contributed by atoms with Gasteiger partial charge >= 0.3 is 5.97 Å². The second-order valence-electron chi connectivity index (χ2n) is 3.88. The van der Waals surface area contributed by atoms with E-state index in [-0.39, 0.29) is 13.2 Å². The van der Waals surface area contributed by atoms with Crippen LogP contribution in [0.4, 0.5) is 0 Å². The second kappa shape index (κ2) is 8.00. The number of carbonyl (C=O) groups excluding carboxylic acids is 1. The number of carbonyl (C=O) groups is 2.